The van der Waals surface area contributed by atoms with Gasteiger partial charge in [-0.3, -0.25) is 9.59 Å². The maximum atomic E-state index is 11.9. The van der Waals surface area contributed by atoms with Crippen LogP contribution in [0.25, 0.3) is 11.0 Å². The van der Waals surface area contributed by atoms with Crippen LogP contribution in [0.4, 0.5) is 0 Å². The molecule has 2 aromatic rings. The van der Waals surface area contributed by atoms with Crippen molar-refractivity contribution in [1.29, 1.82) is 0 Å². The molecule has 0 amide bonds. The Hall–Kier alpha value is -2.17. The van der Waals surface area contributed by atoms with E-state index in [-0.39, 0.29) is 18.8 Å². The summed E-state index contributed by atoms with van der Waals surface area (Å²) in [5.74, 6) is -0.765. The standard InChI is InChI=1S/C12H12N2O3/c1-2-17-11(16)6-10(15)9-7-14-12-8(9)4-3-5-13-12/h3-5,7H,2,6H2,1H3,(H,13,14). The number of fused-ring (bicyclic) bond motifs is 1. The van der Waals surface area contributed by atoms with Gasteiger partial charge in [-0.1, -0.05) is 0 Å². The Morgan fingerprint density at radius 3 is 3.06 bits per heavy atom. The van der Waals surface area contributed by atoms with Gasteiger partial charge in [0, 0.05) is 23.3 Å². The molecular weight excluding hydrogens is 220 g/mol. The minimum Gasteiger partial charge on any atom is -0.466 e. The molecule has 2 heterocycles. The highest BCUT2D eigenvalue weighted by atomic mass is 16.5. The van der Waals surface area contributed by atoms with Gasteiger partial charge in [0.15, 0.2) is 5.78 Å². The first-order chi connectivity index (χ1) is 8.22. The molecule has 17 heavy (non-hydrogen) atoms. The molecule has 5 heteroatoms. The summed E-state index contributed by atoms with van der Waals surface area (Å²) >= 11 is 0. The minimum absolute atomic E-state index is 0.240. The monoisotopic (exact) mass is 232 g/mol. The Bertz CT molecular complexity index is 560. The van der Waals surface area contributed by atoms with Gasteiger partial charge in [-0.15, -0.1) is 0 Å². The quantitative estimate of drug-likeness (QED) is 0.494. The Balaban J connectivity index is 2.22. The van der Waals surface area contributed by atoms with Gasteiger partial charge < -0.3 is 9.72 Å². The van der Waals surface area contributed by atoms with E-state index in [1.54, 1.807) is 31.5 Å². The summed E-state index contributed by atoms with van der Waals surface area (Å²) in [6.07, 6.45) is 2.97. The molecule has 2 aromatic heterocycles. The van der Waals surface area contributed by atoms with E-state index in [0.717, 1.165) is 5.39 Å². The van der Waals surface area contributed by atoms with Gasteiger partial charge in [0.05, 0.1) is 6.61 Å². The summed E-state index contributed by atoms with van der Waals surface area (Å²) < 4.78 is 4.74. The highest BCUT2D eigenvalue weighted by Crippen LogP contribution is 2.17. The lowest BCUT2D eigenvalue weighted by Crippen LogP contribution is -2.11. The van der Waals surface area contributed by atoms with Gasteiger partial charge >= 0.3 is 5.97 Å². The van der Waals surface area contributed by atoms with Gasteiger partial charge in [-0.25, -0.2) is 4.98 Å². The van der Waals surface area contributed by atoms with Crippen LogP contribution < -0.4 is 0 Å². The number of carbonyl (C=O) groups is 2. The lowest BCUT2D eigenvalue weighted by atomic mass is 10.1. The number of rotatable bonds is 4. The molecule has 0 bridgehead atoms. The normalized spacial score (nSPS) is 10.4. The Morgan fingerprint density at radius 2 is 2.29 bits per heavy atom. The Labute approximate surface area is 97.8 Å². The first-order valence-electron chi connectivity index (χ1n) is 5.33. The van der Waals surface area contributed by atoms with Crippen molar-refractivity contribution in [2.45, 2.75) is 13.3 Å². The van der Waals surface area contributed by atoms with Gasteiger partial charge in [0.2, 0.25) is 0 Å². The first kappa shape index (κ1) is 11.3. The number of nitrogens with one attached hydrogen (secondary N) is 1. The van der Waals surface area contributed by atoms with Crippen LogP contribution in [-0.2, 0) is 9.53 Å². The van der Waals surface area contributed by atoms with E-state index in [1.165, 1.54) is 0 Å². The van der Waals surface area contributed by atoms with E-state index in [4.69, 9.17) is 4.74 Å². The Kier molecular flexibility index (Phi) is 3.18. The van der Waals surface area contributed by atoms with Gasteiger partial charge in [0.25, 0.3) is 0 Å². The second-order valence-electron chi connectivity index (χ2n) is 3.51. The van der Waals surface area contributed by atoms with Crippen LogP contribution in [0.3, 0.4) is 0 Å². The number of aromatic nitrogens is 2. The smallest absolute Gasteiger partial charge is 0.313 e. The molecule has 0 aliphatic rings. The van der Waals surface area contributed by atoms with E-state index in [2.05, 4.69) is 9.97 Å². The first-order valence-corrected chi connectivity index (χ1v) is 5.33. The maximum Gasteiger partial charge on any atom is 0.313 e. The highest BCUT2D eigenvalue weighted by Gasteiger charge is 2.16. The van der Waals surface area contributed by atoms with Crippen LogP contribution >= 0.6 is 0 Å². The highest BCUT2D eigenvalue weighted by molar-refractivity contribution is 6.12. The fourth-order valence-electron chi connectivity index (χ4n) is 1.62. The van der Waals surface area contributed by atoms with Crippen LogP contribution in [0.5, 0.6) is 0 Å². The van der Waals surface area contributed by atoms with Crippen molar-refractivity contribution in [2.75, 3.05) is 6.61 Å². The van der Waals surface area contributed by atoms with Crippen molar-refractivity contribution < 1.29 is 14.3 Å². The third-order valence-electron chi connectivity index (χ3n) is 2.36. The zero-order valence-corrected chi connectivity index (χ0v) is 9.40. The zero-order valence-electron chi connectivity index (χ0n) is 9.40. The molecule has 0 saturated heterocycles. The average molecular weight is 232 g/mol. The lowest BCUT2D eigenvalue weighted by molar-refractivity contribution is -0.141. The number of aromatic amines is 1. The number of hydrogen-bond donors (Lipinski definition) is 1. The van der Waals surface area contributed by atoms with Crippen LogP contribution in [0.1, 0.15) is 23.7 Å². The largest absolute Gasteiger partial charge is 0.466 e. The summed E-state index contributed by atoms with van der Waals surface area (Å²) in [4.78, 5) is 30.0. The van der Waals surface area contributed by atoms with Crippen molar-refractivity contribution in [3.8, 4) is 0 Å². The van der Waals surface area contributed by atoms with E-state index in [9.17, 15) is 9.59 Å². The van der Waals surface area contributed by atoms with E-state index in [1.807, 2.05) is 0 Å². The number of nitrogens with zero attached hydrogens (tertiary/aromatic N) is 1. The van der Waals surface area contributed by atoms with Crippen LogP contribution in [0, 0.1) is 0 Å². The van der Waals surface area contributed by atoms with Gasteiger partial charge in [0.1, 0.15) is 12.1 Å². The van der Waals surface area contributed by atoms with E-state index in [0.29, 0.717) is 11.2 Å². The van der Waals surface area contributed by atoms with Crippen molar-refractivity contribution in [3.63, 3.8) is 0 Å². The molecule has 0 fully saturated rings. The summed E-state index contributed by atoms with van der Waals surface area (Å²) in [7, 11) is 0. The molecule has 0 aliphatic heterocycles. The second-order valence-corrected chi connectivity index (χ2v) is 3.51. The molecule has 0 unspecified atom stereocenters. The second kappa shape index (κ2) is 4.78. The third-order valence-corrected chi connectivity index (χ3v) is 2.36. The number of esters is 1. The van der Waals surface area contributed by atoms with Gasteiger partial charge in [-0.05, 0) is 19.1 Å². The van der Waals surface area contributed by atoms with Crippen molar-refractivity contribution in [1.82, 2.24) is 9.97 Å². The number of carbonyl (C=O) groups excluding carboxylic acids is 2. The van der Waals surface area contributed by atoms with E-state index >= 15 is 0 Å². The molecule has 5 nitrogen and oxygen atoms in total. The molecule has 2 rings (SSSR count). The predicted octanol–water partition coefficient (Wildman–Crippen LogP) is 1.70. The molecule has 0 aromatic carbocycles. The topological polar surface area (TPSA) is 72.1 Å². The average Bonchev–Trinajstić information content (AvgIpc) is 2.72. The molecule has 88 valence electrons. The third kappa shape index (κ3) is 2.33. The Morgan fingerprint density at radius 1 is 1.47 bits per heavy atom. The van der Waals surface area contributed by atoms with Crippen LogP contribution in [-0.4, -0.2) is 28.3 Å². The molecule has 1 N–H and O–H groups in total. The number of pyridine rings is 1. The van der Waals surface area contributed by atoms with Gasteiger partial charge in [-0.2, -0.15) is 0 Å². The number of ether oxygens (including phenoxy) is 1. The van der Waals surface area contributed by atoms with E-state index < -0.39 is 5.97 Å². The number of ketones is 1. The fourth-order valence-corrected chi connectivity index (χ4v) is 1.62. The molecular formula is C12H12N2O3. The molecule has 0 saturated carbocycles. The fraction of sp³-hybridized carbons (Fsp3) is 0.250. The number of hydrogen-bond acceptors (Lipinski definition) is 4. The zero-order chi connectivity index (χ0) is 12.3. The summed E-state index contributed by atoms with van der Waals surface area (Å²) in [5, 5.41) is 0.724. The lowest BCUT2D eigenvalue weighted by Gasteiger charge is -2.00. The molecule has 0 atom stereocenters. The van der Waals surface area contributed by atoms with Crippen molar-refractivity contribution in [2.24, 2.45) is 0 Å². The number of Topliss-reactive ketones (excluding diaryl/α,β-unsaturated/α-hetero) is 1. The molecule has 0 radical (unpaired) electrons. The minimum atomic E-state index is -0.504. The number of H-pyrrole nitrogens is 1. The van der Waals surface area contributed by atoms with Crippen molar-refractivity contribution in [3.05, 3.63) is 30.1 Å². The van der Waals surface area contributed by atoms with Crippen molar-refractivity contribution >= 4 is 22.8 Å². The molecule has 0 aliphatic carbocycles. The summed E-state index contributed by atoms with van der Waals surface area (Å²) in [5.41, 5.74) is 1.11. The predicted molar refractivity (Wildman–Crippen MR) is 61.7 cm³/mol. The molecule has 0 spiro atoms. The maximum absolute atomic E-state index is 11.9. The van der Waals surface area contributed by atoms with Crippen LogP contribution in [0.15, 0.2) is 24.5 Å². The van der Waals surface area contributed by atoms with Crippen LogP contribution in [0.2, 0.25) is 0 Å². The summed E-state index contributed by atoms with van der Waals surface area (Å²) in [6, 6.07) is 3.54. The summed E-state index contributed by atoms with van der Waals surface area (Å²) in [6.45, 7) is 1.99. The SMILES string of the molecule is CCOC(=O)CC(=O)c1c[nH]c2ncccc12.